The lowest BCUT2D eigenvalue weighted by Crippen LogP contribution is -2.12. The van der Waals surface area contributed by atoms with Gasteiger partial charge in [-0.25, -0.2) is 9.97 Å². The third-order valence-corrected chi connectivity index (χ3v) is 4.50. The van der Waals surface area contributed by atoms with Crippen LogP contribution in [0, 0.1) is 11.3 Å². The van der Waals surface area contributed by atoms with Crippen LogP contribution in [0.25, 0.3) is 11.4 Å². The lowest BCUT2D eigenvalue weighted by atomic mass is 9.85. The molecular weight excluding hydrogens is 312 g/mol. The zero-order chi connectivity index (χ0) is 16.4. The average molecular weight is 329 g/mol. The largest absolute Gasteiger partial charge is 0.507 e. The second kappa shape index (κ2) is 6.43. The molecule has 6 heteroatoms. The third kappa shape index (κ3) is 3.08. The number of nitrogens with zero attached hydrogens (tertiary/aromatic N) is 3. The van der Waals surface area contributed by atoms with Gasteiger partial charge in [0.25, 0.3) is 0 Å². The lowest BCUT2D eigenvalue weighted by molar-refractivity contribution is 0.436. The number of aromatic hydroxyl groups is 1. The van der Waals surface area contributed by atoms with Gasteiger partial charge in [-0.1, -0.05) is 30.9 Å². The maximum Gasteiger partial charge on any atom is 0.165 e. The molecule has 2 aromatic rings. The number of aromatic nitrogens is 2. The highest BCUT2D eigenvalue weighted by Gasteiger charge is 2.24. The number of hydrogen-bond donors (Lipinski definition) is 2. The molecule has 0 spiro atoms. The summed E-state index contributed by atoms with van der Waals surface area (Å²) in [4.78, 5) is 8.77. The van der Waals surface area contributed by atoms with Crippen LogP contribution in [0.4, 0.5) is 5.82 Å². The summed E-state index contributed by atoms with van der Waals surface area (Å²) in [6.07, 6.45) is 5.44. The molecule has 0 unspecified atom stereocenters. The van der Waals surface area contributed by atoms with Crippen LogP contribution in [0.3, 0.4) is 0 Å². The Labute approximate surface area is 139 Å². The van der Waals surface area contributed by atoms with E-state index in [1.54, 1.807) is 12.1 Å². The van der Waals surface area contributed by atoms with E-state index in [0.717, 1.165) is 25.7 Å². The molecule has 0 radical (unpaired) electrons. The fourth-order valence-electron chi connectivity index (χ4n) is 3.09. The van der Waals surface area contributed by atoms with Gasteiger partial charge in [0.1, 0.15) is 23.2 Å². The van der Waals surface area contributed by atoms with Crippen molar-refractivity contribution >= 4 is 17.4 Å². The zero-order valence-electron chi connectivity index (χ0n) is 12.6. The Hall–Kier alpha value is -2.32. The van der Waals surface area contributed by atoms with Crippen LogP contribution < -0.4 is 5.73 Å². The van der Waals surface area contributed by atoms with Crippen molar-refractivity contribution in [1.82, 2.24) is 9.97 Å². The van der Waals surface area contributed by atoms with Crippen molar-refractivity contribution in [3.8, 4) is 23.2 Å². The number of halogens is 1. The topological polar surface area (TPSA) is 95.8 Å². The molecule has 118 valence electrons. The maximum atomic E-state index is 10.1. The van der Waals surface area contributed by atoms with Gasteiger partial charge in [-0.05, 0) is 31.0 Å². The first-order valence-corrected chi connectivity index (χ1v) is 8.04. The fourth-order valence-corrected chi connectivity index (χ4v) is 3.26. The number of rotatable bonds is 2. The highest BCUT2D eigenvalue weighted by molar-refractivity contribution is 6.30. The van der Waals surface area contributed by atoms with Crippen LogP contribution in [0.15, 0.2) is 18.2 Å². The summed E-state index contributed by atoms with van der Waals surface area (Å²) in [5.41, 5.74) is 7.44. The number of phenolic OH excluding ortho intramolecular Hbond substituents is 1. The Kier molecular flexibility index (Phi) is 4.35. The number of nitrogen functional groups attached to an aromatic ring is 1. The minimum Gasteiger partial charge on any atom is -0.507 e. The van der Waals surface area contributed by atoms with E-state index in [2.05, 4.69) is 16.0 Å². The van der Waals surface area contributed by atoms with Gasteiger partial charge in [0.2, 0.25) is 0 Å². The summed E-state index contributed by atoms with van der Waals surface area (Å²) >= 11 is 6.00. The molecule has 0 aliphatic heterocycles. The van der Waals surface area contributed by atoms with E-state index >= 15 is 0 Å². The second-order valence-electron chi connectivity index (χ2n) is 5.80. The number of benzene rings is 1. The van der Waals surface area contributed by atoms with Crippen molar-refractivity contribution in [1.29, 1.82) is 5.26 Å². The van der Waals surface area contributed by atoms with Gasteiger partial charge in [0.15, 0.2) is 5.82 Å². The first-order chi connectivity index (χ1) is 11.1. The molecule has 1 aliphatic rings. The third-order valence-electron chi connectivity index (χ3n) is 4.27. The zero-order valence-corrected chi connectivity index (χ0v) is 13.3. The second-order valence-corrected chi connectivity index (χ2v) is 6.24. The van der Waals surface area contributed by atoms with Gasteiger partial charge in [-0.2, -0.15) is 5.26 Å². The van der Waals surface area contributed by atoms with E-state index < -0.39 is 0 Å². The van der Waals surface area contributed by atoms with Gasteiger partial charge >= 0.3 is 0 Å². The van der Waals surface area contributed by atoms with Crippen molar-refractivity contribution in [3.63, 3.8) is 0 Å². The Morgan fingerprint density at radius 2 is 1.96 bits per heavy atom. The number of nitriles is 1. The van der Waals surface area contributed by atoms with Crippen LogP contribution >= 0.6 is 11.6 Å². The molecule has 1 aromatic carbocycles. The molecule has 5 nitrogen and oxygen atoms in total. The summed E-state index contributed by atoms with van der Waals surface area (Å²) in [5.74, 6) is 0.705. The SMILES string of the molecule is N#Cc1c(N)nc(-c2cc(Cl)ccc2O)nc1C1CCCCC1. The number of hydrogen-bond acceptors (Lipinski definition) is 5. The van der Waals surface area contributed by atoms with Gasteiger partial charge in [-0.3, -0.25) is 0 Å². The quantitative estimate of drug-likeness (QED) is 0.868. The Bertz CT molecular complexity index is 779. The molecular formula is C17H17ClN4O. The van der Waals surface area contributed by atoms with Crippen molar-refractivity contribution in [3.05, 3.63) is 34.5 Å². The standard InChI is InChI=1S/C17H17ClN4O/c18-11-6-7-14(23)12(8-11)17-21-15(10-4-2-1-3-5-10)13(9-19)16(20)22-17/h6-8,10,23H,1-5H2,(H2,20,21,22). The Morgan fingerprint density at radius 1 is 1.22 bits per heavy atom. The van der Waals surface area contributed by atoms with Crippen LogP contribution in [0.2, 0.25) is 5.02 Å². The first-order valence-electron chi connectivity index (χ1n) is 7.66. The van der Waals surface area contributed by atoms with E-state index in [9.17, 15) is 10.4 Å². The molecule has 23 heavy (non-hydrogen) atoms. The molecule has 1 saturated carbocycles. The van der Waals surface area contributed by atoms with Crippen LogP contribution in [-0.4, -0.2) is 15.1 Å². The van der Waals surface area contributed by atoms with Crippen molar-refractivity contribution in [2.75, 3.05) is 5.73 Å². The van der Waals surface area contributed by atoms with Crippen LogP contribution in [0.1, 0.15) is 49.3 Å². The van der Waals surface area contributed by atoms with Gasteiger partial charge in [0, 0.05) is 10.9 Å². The number of nitrogens with two attached hydrogens (primary N) is 1. The van der Waals surface area contributed by atoms with Gasteiger partial charge in [0.05, 0.1) is 11.3 Å². The molecule has 1 heterocycles. The summed E-state index contributed by atoms with van der Waals surface area (Å²) < 4.78 is 0. The van der Waals surface area contributed by atoms with E-state index in [1.165, 1.54) is 12.5 Å². The molecule has 1 aliphatic carbocycles. The first kappa shape index (κ1) is 15.6. The van der Waals surface area contributed by atoms with Crippen LogP contribution in [-0.2, 0) is 0 Å². The van der Waals surface area contributed by atoms with Gasteiger partial charge in [-0.15, -0.1) is 0 Å². The van der Waals surface area contributed by atoms with Crippen molar-refractivity contribution in [2.45, 2.75) is 38.0 Å². The molecule has 1 aromatic heterocycles. The molecule has 0 saturated heterocycles. The Balaban J connectivity index is 2.14. The Morgan fingerprint density at radius 3 is 2.65 bits per heavy atom. The van der Waals surface area contributed by atoms with Crippen molar-refractivity contribution in [2.24, 2.45) is 0 Å². The molecule has 3 rings (SSSR count). The number of phenols is 1. The minimum atomic E-state index is 0.0353. The molecule has 0 amide bonds. The normalized spacial score (nSPS) is 15.3. The van der Waals surface area contributed by atoms with E-state index in [1.807, 2.05) is 0 Å². The lowest BCUT2D eigenvalue weighted by Gasteiger charge is -2.22. The van der Waals surface area contributed by atoms with Gasteiger partial charge < -0.3 is 10.8 Å². The van der Waals surface area contributed by atoms with E-state index in [4.69, 9.17) is 17.3 Å². The average Bonchev–Trinajstić information content (AvgIpc) is 2.57. The fraction of sp³-hybridized carbons (Fsp3) is 0.353. The highest BCUT2D eigenvalue weighted by atomic mass is 35.5. The highest BCUT2D eigenvalue weighted by Crippen LogP contribution is 2.37. The smallest absolute Gasteiger partial charge is 0.165 e. The van der Waals surface area contributed by atoms with E-state index in [0.29, 0.717) is 27.7 Å². The predicted octanol–water partition coefficient (Wildman–Crippen LogP) is 4.00. The molecule has 3 N–H and O–H groups in total. The predicted molar refractivity (Wildman–Crippen MR) is 89.1 cm³/mol. The number of anilines is 1. The maximum absolute atomic E-state index is 10.1. The van der Waals surface area contributed by atoms with Crippen LogP contribution in [0.5, 0.6) is 5.75 Å². The minimum absolute atomic E-state index is 0.0353. The summed E-state index contributed by atoms with van der Waals surface area (Å²) in [5, 5.41) is 19.9. The van der Waals surface area contributed by atoms with E-state index in [-0.39, 0.29) is 17.5 Å². The monoisotopic (exact) mass is 328 g/mol. The molecule has 0 atom stereocenters. The summed E-state index contributed by atoms with van der Waals surface area (Å²) in [6.45, 7) is 0. The van der Waals surface area contributed by atoms with Crippen molar-refractivity contribution < 1.29 is 5.11 Å². The summed E-state index contributed by atoms with van der Waals surface area (Å²) in [6, 6.07) is 6.82. The summed E-state index contributed by atoms with van der Waals surface area (Å²) in [7, 11) is 0. The molecule has 1 fully saturated rings. The molecule has 0 bridgehead atoms.